The van der Waals surface area contributed by atoms with Crippen LogP contribution in [0, 0.1) is 0 Å². The second-order valence-electron chi connectivity index (χ2n) is 5.07. The smallest absolute Gasteiger partial charge is 0.387 e. The molecule has 2 heterocycles. The van der Waals surface area contributed by atoms with Gasteiger partial charge in [-0.2, -0.15) is 8.78 Å². The maximum atomic E-state index is 12.7. The number of pyridine rings is 1. The van der Waals surface area contributed by atoms with Crippen molar-refractivity contribution in [2.24, 2.45) is 0 Å². The van der Waals surface area contributed by atoms with Gasteiger partial charge < -0.3 is 9.64 Å². The molecule has 23 heavy (non-hydrogen) atoms. The van der Waals surface area contributed by atoms with Gasteiger partial charge in [0.2, 0.25) is 0 Å². The fourth-order valence-electron chi connectivity index (χ4n) is 2.67. The number of ether oxygens (including phenoxy) is 1. The molecule has 0 radical (unpaired) electrons. The topological polar surface area (TPSA) is 42.4 Å². The van der Waals surface area contributed by atoms with Gasteiger partial charge in [0, 0.05) is 12.7 Å². The van der Waals surface area contributed by atoms with E-state index >= 15 is 0 Å². The second kappa shape index (κ2) is 6.50. The number of hydrogen-bond donors (Lipinski definition) is 0. The van der Waals surface area contributed by atoms with Crippen molar-refractivity contribution in [1.29, 1.82) is 0 Å². The van der Waals surface area contributed by atoms with E-state index in [1.807, 2.05) is 6.07 Å². The van der Waals surface area contributed by atoms with E-state index in [1.54, 1.807) is 12.1 Å². The standard InChI is InChI=1S/C16H13ClF2N2O2/c17-13-7-6-11(9-20-13)15(22)21-8-2-4-10-3-1-5-12(14(10)21)23-16(18)19/h1,3,5-7,9,16H,2,4,8H2. The minimum absolute atomic E-state index is 0.00692. The fraction of sp³-hybridized carbons (Fsp3) is 0.250. The molecule has 0 saturated carbocycles. The van der Waals surface area contributed by atoms with Crippen LogP contribution in [0.1, 0.15) is 22.3 Å². The van der Waals surface area contributed by atoms with E-state index in [1.165, 1.54) is 23.2 Å². The third kappa shape index (κ3) is 3.27. The van der Waals surface area contributed by atoms with Crippen LogP contribution in [-0.2, 0) is 6.42 Å². The number of aryl methyl sites for hydroxylation is 1. The number of carbonyl (C=O) groups excluding carboxylic acids is 1. The summed E-state index contributed by atoms with van der Waals surface area (Å²) in [6.07, 6.45) is 2.83. The van der Waals surface area contributed by atoms with Gasteiger partial charge in [-0.15, -0.1) is 0 Å². The van der Waals surface area contributed by atoms with Gasteiger partial charge in [0.05, 0.1) is 11.3 Å². The molecule has 1 aromatic heterocycles. The van der Waals surface area contributed by atoms with Crippen LogP contribution in [0.25, 0.3) is 0 Å². The molecule has 1 aromatic carbocycles. The number of para-hydroxylation sites is 1. The Morgan fingerprint density at radius 1 is 1.30 bits per heavy atom. The quantitative estimate of drug-likeness (QED) is 0.796. The lowest BCUT2D eigenvalue weighted by Crippen LogP contribution is -2.36. The average molecular weight is 339 g/mol. The first-order chi connectivity index (χ1) is 11.1. The Morgan fingerprint density at radius 2 is 2.13 bits per heavy atom. The number of nitrogens with zero attached hydrogens (tertiary/aromatic N) is 2. The Labute approximate surface area is 136 Å². The van der Waals surface area contributed by atoms with Crippen LogP contribution in [0.5, 0.6) is 5.75 Å². The highest BCUT2D eigenvalue weighted by atomic mass is 35.5. The van der Waals surface area contributed by atoms with Crippen LogP contribution in [0.3, 0.4) is 0 Å². The van der Waals surface area contributed by atoms with Crippen molar-refractivity contribution in [3.63, 3.8) is 0 Å². The summed E-state index contributed by atoms with van der Waals surface area (Å²) in [7, 11) is 0. The summed E-state index contributed by atoms with van der Waals surface area (Å²) < 4.78 is 29.9. The lowest BCUT2D eigenvalue weighted by molar-refractivity contribution is -0.0495. The molecule has 0 aliphatic carbocycles. The van der Waals surface area contributed by atoms with E-state index in [4.69, 9.17) is 11.6 Å². The zero-order valence-electron chi connectivity index (χ0n) is 12.0. The minimum Gasteiger partial charge on any atom is -0.433 e. The first-order valence-corrected chi connectivity index (χ1v) is 7.44. The Hall–Kier alpha value is -2.21. The minimum atomic E-state index is -2.95. The van der Waals surface area contributed by atoms with E-state index in [-0.39, 0.29) is 16.8 Å². The van der Waals surface area contributed by atoms with E-state index < -0.39 is 6.61 Å². The van der Waals surface area contributed by atoms with E-state index in [2.05, 4.69) is 9.72 Å². The van der Waals surface area contributed by atoms with Gasteiger partial charge in [-0.25, -0.2) is 4.98 Å². The van der Waals surface area contributed by atoms with Crippen molar-refractivity contribution >= 4 is 23.2 Å². The first-order valence-electron chi connectivity index (χ1n) is 7.06. The molecule has 0 saturated heterocycles. The number of aromatic nitrogens is 1. The Balaban J connectivity index is 2.00. The third-order valence-corrected chi connectivity index (χ3v) is 3.84. The van der Waals surface area contributed by atoms with Crippen molar-refractivity contribution in [1.82, 2.24) is 4.98 Å². The molecule has 7 heteroatoms. The Kier molecular flexibility index (Phi) is 4.43. The molecule has 1 aliphatic rings. The number of fused-ring (bicyclic) bond motifs is 1. The molecule has 0 atom stereocenters. The third-order valence-electron chi connectivity index (χ3n) is 3.62. The molecule has 1 amide bonds. The largest absolute Gasteiger partial charge is 0.433 e. The predicted octanol–water partition coefficient (Wildman–Crippen LogP) is 3.93. The molecule has 0 unspecified atom stereocenters. The second-order valence-corrected chi connectivity index (χ2v) is 5.46. The molecule has 1 aliphatic heterocycles. The zero-order valence-corrected chi connectivity index (χ0v) is 12.8. The summed E-state index contributed by atoms with van der Waals surface area (Å²) in [6.45, 7) is -2.52. The van der Waals surface area contributed by atoms with E-state index in [9.17, 15) is 13.6 Å². The highest BCUT2D eigenvalue weighted by Gasteiger charge is 2.28. The fourth-order valence-corrected chi connectivity index (χ4v) is 2.78. The molecular formula is C16H13ClF2N2O2. The lowest BCUT2D eigenvalue weighted by atomic mass is 10.00. The number of amides is 1. The Morgan fingerprint density at radius 3 is 2.83 bits per heavy atom. The summed E-state index contributed by atoms with van der Waals surface area (Å²) in [5, 5.41) is 0.280. The van der Waals surface area contributed by atoms with E-state index in [0.717, 1.165) is 12.0 Å². The van der Waals surface area contributed by atoms with Crippen LogP contribution < -0.4 is 9.64 Å². The van der Waals surface area contributed by atoms with Gasteiger partial charge in [-0.1, -0.05) is 23.7 Å². The monoisotopic (exact) mass is 338 g/mol. The summed E-state index contributed by atoms with van der Waals surface area (Å²) in [4.78, 5) is 18.1. The van der Waals surface area contributed by atoms with Crippen molar-refractivity contribution in [2.75, 3.05) is 11.4 Å². The number of alkyl halides is 2. The SMILES string of the molecule is O=C(c1ccc(Cl)nc1)N1CCCc2cccc(OC(F)F)c21. The summed E-state index contributed by atoms with van der Waals surface area (Å²) in [5.74, 6) is -0.312. The maximum Gasteiger partial charge on any atom is 0.387 e. The highest BCUT2D eigenvalue weighted by molar-refractivity contribution is 6.29. The lowest BCUT2D eigenvalue weighted by Gasteiger charge is -2.31. The van der Waals surface area contributed by atoms with Crippen molar-refractivity contribution in [3.05, 3.63) is 52.8 Å². The van der Waals surface area contributed by atoms with Crippen molar-refractivity contribution in [3.8, 4) is 5.75 Å². The molecule has 120 valence electrons. The molecule has 0 spiro atoms. The van der Waals surface area contributed by atoms with E-state index in [0.29, 0.717) is 24.2 Å². The normalized spacial score (nSPS) is 13.8. The number of carbonyl (C=O) groups is 1. The van der Waals surface area contributed by atoms with Crippen LogP contribution >= 0.6 is 11.6 Å². The Bertz CT molecular complexity index is 723. The summed E-state index contributed by atoms with van der Waals surface area (Å²) >= 11 is 5.73. The molecule has 2 aromatic rings. The number of halogens is 3. The number of hydrogen-bond acceptors (Lipinski definition) is 3. The molecule has 0 N–H and O–H groups in total. The van der Waals surface area contributed by atoms with Crippen LogP contribution in [0.15, 0.2) is 36.5 Å². The maximum absolute atomic E-state index is 12.7. The van der Waals surface area contributed by atoms with Gasteiger partial charge >= 0.3 is 6.61 Å². The van der Waals surface area contributed by atoms with Gasteiger partial charge in [0.25, 0.3) is 5.91 Å². The molecule has 3 rings (SSSR count). The van der Waals surface area contributed by atoms with Gasteiger partial charge in [-0.05, 0) is 36.6 Å². The van der Waals surface area contributed by atoms with Gasteiger partial charge in [0.15, 0.2) is 0 Å². The van der Waals surface area contributed by atoms with Crippen LogP contribution in [-0.4, -0.2) is 24.0 Å². The summed E-state index contributed by atoms with van der Waals surface area (Å²) in [5.41, 5.74) is 1.55. The molecular weight excluding hydrogens is 326 g/mol. The number of benzene rings is 1. The van der Waals surface area contributed by atoms with Crippen LogP contribution in [0.4, 0.5) is 14.5 Å². The number of rotatable bonds is 3. The predicted molar refractivity (Wildman–Crippen MR) is 82.3 cm³/mol. The first kappa shape index (κ1) is 15.7. The average Bonchev–Trinajstić information content (AvgIpc) is 2.54. The number of anilines is 1. The summed E-state index contributed by atoms with van der Waals surface area (Å²) in [6, 6.07) is 7.97. The molecule has 0 fully saturated rings. The van der Waals surface area contributed by atoms with Crippen molar-refractivity contribution < 1.29 is 18.3 Å². The molecule has 0 bridgehead atoms. The van der Waals surface area contributed by atoms with Gasteiger partial charge in [0.1, 0.15) is 10.9 Å². The zero-order chi connectivity index (χ0) is 16.4. The van der Waals surface area contributed by atoms with Crippen LogP contribution in [0.2, 0.25) is 5.15 Å². The van der Waals surface area contributed by atoms with Crippen molar-refractivity contribution in [2.45, 2.75) is 19.5 Å². The molecule has 4 nitrogen and oxygen atoms in total. The van der Waals surface area contributed by atoms with Gasteiger partial charge in [-0.3, -0.25) is 4.79 Å². The highest BCUT2D eigenvalue weighted by Crippen LogP contribution is 2.37.